The summed E-state index contributed by atoms with van der Waals surface area (Å²) in [5, 5.41) is 197. The van der Waals surface area contributed by atoms with Crippen LogP contribution in [0.4, 0.5) is 0 Å². The molecule has 0 aliphatic rings. The fourth-order valence-corrected chi connectivity index (χ4v) is 11.8. The third kappa shape index (κ3) is 52.3. The molecular weight excluding hydrogens is 1800 g/mol. The lowest BCUT2D eigenvalue weighted by Crippen LogP contribution is -2.62. The molecule has 64 heteroatoms. The Kier molecular flexibility index (Phi) is 60.2. The van der Waals surface area contributed by atoms with Crippen molar-refractivity contribution in [1.29, 1.82) is 43.3 Å². The Bertz CT molecular complexity index is 3930. The number of nitrogens with two attached hydrogens (primary N) is 9. The zero-order valence-electron chi connectivity index (χ0n) is 74.1. The number of aliphatic hydroxyl groups excluding tert-OH is 7. The van der Waals surface area contributed by atoms with Gasteiger partial charge in [-0.25, -0.2) is 4.79 Å². The van der Waals surface area contributed by atoms with E-state index in [2.05, 4.69) is 122 Å². The number of rotatable bonds is 70. The van der Waals surface area contributed by atoms with Crippen molar-refractivity contribution in [2.45, 2.75) is 193 Å². The van der Waals surface area contributed by atoms with E-state index >= 15 is 0 Å². The van der Waals surface area contributed by atoms with Crippen LogP contribution >= 0.6 is 0 Å². The van der Waals surface area contributed by atoms with E-state index in [9.17, 15) is 118 Å². The first-order valence-corrected chi connectivity index (χ1v) is 42.1. The van der Waals surface area contributed by atoms with Crippen LogP contribution in [0, 0.1) is 43.3 Å². The molecule has 57 N–H and O–H groups in total. The highest BCUT2D eigenvalue weighted by Crippen LogP contribution is 2.11. The molecule has 764 valence electrons. The number of hydrogen-bond donors (Lipinski definition) is 48. The summed E-state index contributed by atoms with van der Waals surface area (Å²) in [7, 11) is 0. The summed E-state index contributed by atoms with van der Waals surface area (Å²) in [5.41, 5.74) is 48.5. The molecule has 0 heterocycles. The highest BCUT2D eigenvalue weighted by atomic mass is 16.4. The van der Waals surface area contributed by atoms with E-state index in [0.717, 1.165) is 0 Å². The van der Waals surface area contributed by atoms with Gasteiger partial charge in [-0.3, -0.25) is 115 Å². The zero-order chi connectivity index (χ0) is 102. The summed E-state index contributed by atoms with van der Waals surface area (Å²) >= 11 is 0. The zero-order valence-corrected chi connectivity index (χ0v) is 74.1. The molecule has 0 aromatic carbocycles. The summed E-state index contributed by atoms with van der Waals surface area (Å²) in [6.07, 6.45) is -3.20. The molecule has 135 heavy (non-hydrogen) atoms. The molecule has 0 radical (unpaired) electrons. The molecule has 0 unspecified atom stereocenters. The number of guanidine groups is 8. The van der Waals surface area contributed by atoms with Gasteiger partial charge in [0.2, 0.25) is 88.6 Å². The quantitative estimate of drug-likeness (QED) is 0.0153. The third-order valence-corrected chi connectivity index (χ3v) is 18.8. The number of carbonyl (C=O) groups is 16. The predicted molar refractivity (Wildman–Crippen MR) is 478 cm³/mol. The minimum Gasteiger partial charge on any atom is -0.480 e. The largest absolute Gasteiger partial charge is 0.480 e. The molecular formula is C71H136N40O24. The lowest BCUT2D eigenvalue weighted by atomic mass is 10.1. The second kappa shape index (κ2) is 67.5. The second-order valence-electron chi connectivity index (χ2n) is 29.7. The molecule has 0 aromatic rings. The van der Waals surface area contributed by atoms with Crippen molar-refractivity contribution < 1.29 is 118 Å². The standard InChI is InChI=1S/C71H136N40O24/c72-25-48(119)97-33(9-1-17-89-64(73)74)49(120)105-41(26-112)56(127)98-34(10-2-18-90-65(75)76)50(121)106-42(27-113)57(128)99-35(11-3-19-91-66(77)78)51(122)107-43(28-114)58(129)100-36(12-4-20-92-67(79)80)52(123)108-44(29-115)59(130)101-37(13-5-21-93-68(81)82)53(124)109-45(30-116)60(131)102-38(14-6-22-94-69(83)84)54(125)110-46(31-117)61(132)103-39(15-7-23-95-70(85)86)55(126)111-47(32-118)62(133)104-40(63(134)135)16-8-24-96-71(87)88/h33-47,112-118H,1-32,72H2,(H,97,119)(H,98,127)(H,99,128)(H,100,129)(H,101,130)(H,102,131)(H,103,132)(H,104,133)(H,105,120)(H,106,121)(H,107,122)(H,108,123)(H,109,124)(H,110,125)(H,111,126)(H,134,135)(H4,73,74,89)(H4,75,76,90)(H4,77,78,91)(H4,79,80,92)(H4,81,82,93)(H4,83,84,94)(H4,85,86,95)(H4,87,88,96)/t33-,34-,35-,36-,37-,38-,39-,40-,41-,42-,43-,44-,45-,46-,47-/m0/s1. The fourth-order valence-electron chi connectivity index (χ4n) is 11.8. The highest BCUT2D eigenvalue weighted by molar-refractivity contribution is 6.01. The maximum Gasteiger partial charge on any atom is 0.326 e. The van der Waals surface area contributed by atoms with Gasteiger partial charge in [-0.05, 0) is 103 Å². The molecule has 64 nitrogen and oxygen atoms in total. The van der Waals surface area contributed by atoms with E-state index in [1.54, 1.807) is 0 Å². The molecule has 0 bridgehead atoms. The van der Waals surface area contributed by atoms with Gasteiger partial charge in [-0.2, -0.15) is 0 Å². The van der Waals surface area contributed by atoms with Crippen molar-refractivity contribution >= 4 is 142 Å². The van der Waals surface area contributed by atoms with Crippen LogP contribution < -0.4 is 174 Å². The van der Waals surface area contributed by atoms with E-state index in [1.807, 2.05) is 0 Å². The number of carbonyl (C=O) groups excluding carboxylic acids is 15. The third-order valence-electron chi connectivity index (χ3n) is 18.8. The molecule has 0 aliphatic heterocycles. The second-order valence-corrected chi connectivity index (χ2v) is 29.7. The van der Waals surface area contributed by atoms with E-state index in [4.69, 9.17) is 94.9 Å². The van der Waals surface area contributed by atoms with Gasteiger partial charge in [0.05, 0.1) is 52.8 Å². The lowest BCUT2D eigenvalue weighted by Gasteiger charge is -2.28. The number of carboxylic acids is 1. The number of aliphatic carboxylic acids is 1. The van der Waals surface area contributed by atoms with Gasteiger partial charge >= 0.3 is 5.97 Å². The van der Waals surface area contributed by atoms with Crippen LogP contribution in [0.2, 0.25) is 0 Å². The monoisotopic (exact) mass is 1930 g/mol. The SMILES string of the molecule is N=C(N)NCCC[C@H](NC(=O)[C@H](CO)NC(=O)[C@H](CCCNC(=N)N)NC(=O)[C@H](CO)NC(=O)[C@H](CCCNC(=N)N)NC(=O)[C@H](CO)NC(=O)[C@H](CCCNC(=N)N)NC(=O)[C@H](CO)NC(=O)[C@H](CCCNC(=N)N)NC(=O)[C@H](CO)NC(=O)[C@H](CCCNC(=N)N)NC(=O)[C@H](CO)NC(=O)[C@H](CCCNC(=N)N)NC(=O)[C@H](CO)NC(=O)[C@H](CCCNC(=N)N)NC(=O)CN)C(=O)O. The first kappa shape index (κ1) is 120. The van der Waals surface area contributed by atoms with Gasteiger partial charge in [-0.1, -0.05) is 0 Å². The first-order chi connectivity index (χ1) is 63.8. The number of carboxylic acid groups (broad SMARTS) is 1. The van der Waals surface area contributed by atoms with Crippen LogP contribution in [0.5, 0.6) is 0 Å². The van der Waals surface area contributed by atoms with Crippen LogP contribution in [0.25, 0.3) is 0 Å². The molecule has 15 amide bonds. The van der Waals surface area contributed by atoms with Crippen molar-refractivity contribution in [3.8, 4) is 0 Å². The number of amides is 15. The van der Waals surface area contributed by atoms with Gasteiger partial charge < -0.3 is 215 Å². The molecule has 0 saturated carbocycles. The van der Waals surface area contributed by atoms with E-state index < -0.39 is 311 Å². The Morgan fingerprint density at radius 2 is 0.304 bits per heavy atom. The van der Waals surface area contributed by atoms with Crippen LogP contribution in [-0.4, -0.2) is 379 Å². The summed E-state index contributed by atoms with van der Waals surface area (Å²) in [5.74, 6) is -23.9. The minimum atomic E-state index is -2.08. The van der Waals surface area contributed by atoms with Crippen LogP contribution in [-0.2, 0) is 76.7 Å². The van der Waals surface area contributed by atoms with Crippen LogP contribution in [0.1, 0.15) is 103 Å². The van der Waals surface area contributed by atoms with Gasteiger partial charge in [0.1, 0.15) is 90.6 Å². The Hall–Kier alpha value is -14.6. The minimum absolute atomic E-state index is 0.0341. The van der Waals surface area contributed by atoms with Crippen molar-refractivity contribution in [3.05, 3.63) is 0 Å². The number of hydrogen-bond acceptors (Lipinski definition) is 32. The maximum absolute atomic E-state index is 14.4. The molecule has 0 fully saturated rings. The molecule has 0 aliphatic carbocycles. The first-order valence-electron chi connectivity index (χ1n) is 42.1. The average Bonchev–Trinajstić information content (AvgIpc) is 0.857. The van der Waals surface area contributed by atoms with E-state index in [1.165, 1.54) is 0 Å². The number of aliphatic hydroxyl groups is 7. The Morgan fingerprint density at radius 3 is 0.422 bits per heavy atom. The van der Waals surface area contributed by atoms with E-state index in [-0.39, 0.29) is 129 Å². The van der Waals surface area contributed by atoms with Crippen LogP contribution in [0.15, 0.2) is 0 Å². The van der Waals surface area contributed by atoms with Gasteiger partial charge in [0.15, 0.2) is 47.7 Å². The highest BCUT2D eigenvalue weighted by Gasteiger charge is 2.39. The predicted octanol–water partition coefficient (Wildman–Crippen LogP) is -21.6. The van der Waals surface area contributed by atoms with E-state index in [0.29, 0.717) is 0 Å². The summed E-state index contributed by atoms with van der Waals surface area (Å²) < 4.78 is 0. The van der Waals surface area contributed by atoms with Crippen molar-refractivity contribution in [2.75, 3.05) is 105 Å². The lowest BCUT2D eigenvalue weighted by molar-refractivity contribution is -0.143. The summed E-state index contributed by atoms with van der Waals surface area (Å²) in [6.45, 7) is -9.80. The topological polar surface area (TPSA) is 1140 Å². The maximum atomic E-state index is 14.4. The van der Waals surface area contributed by atoms with Crippen molar-refractivity contribution in [3.63, 3.8) is 0 Å². The average molecular weight is 1930 g/mol. The Balaban J connectivity index is 7.30. The van der Waals surface area contributed by atoms with Crippen molar-refractivity contribution in [1.82, 2.24) is 122 Å². The fraction of sp³-hybridized carbons (Fsp3) is 0.662. The number of nitrogens with one attached hydrogen (secondary N) is 31. The smallest absolute Gasteiger partial charge is 0.326 e. The molecule has 0 saturated heterocycles. The Labute approximate surface area is 772 Å². The van der Waals surface area contributed by atoms with Crippen molar-refractivity contribution in [2.24, 2.45) is 51.6 Å². The van der Waals surface area contributed by atoms with Gasteiger partial charge in [-0.15, -0.1) is 0 Å². The Morgan fingerprint density at radius 1 is 0.193 bits per heavy atom. The molecule has 0 rings (SSSR count). The summed E-state index contributed by atoms with van der Waals surface area (Å²) in [4.78, 5) is 221. The molecule has 15 atom stereocenters. The molecule has 0 aromatic heterocycles. The normalized spacial score (nSPS) is 14.1. The van der Waals surface area contributed by atoms with Crippen LogP contribution in [0.3, 0.4) is 0 Å². The van der Waals surface area contributed by atoms with Gasteiger partial charge in [0, 0.05) is 52.4 Å². The molecule has 0 spiro atoms. The van der Waals surface area contributed by atoms with Gasteiger partial charge in [0.25, 0.3) is 0 Å². The summed E-state index contributed by atoms with van der Waals surface area (Å²) in [6, 6.07) is -27.5.